The Labute approximate surface area is 286 Å². The van der Waals surface area contributed by atoms with E-state index in [1.165, 1.54) is 33.4 Å². The van der Waals surface area contributed by atoms with Crippen molar-refractivity contribution in [1.29, 1.82) is 0 Å². The van der Waals surface area contributed by atoms with Gasteiger partial charge in [-0.1, -0.05) is 188 Å². The van der Waals surface area contributed by atoms with Crippen molar-refractivity contribution in [1.82, 2.24) is 15.0 Å². The number of hydrogen-bond donors (Lipinski definition) is 0. The van der Waals surface area contributed by atoms with Crippen molar-refractivity contribution in [2.24, 2.45) is 0 Å². The fourth-order valence-electron chi connectivity index (χ4n) is 7.37. The summed E-state index contributed by atoms with van der Waals surface area (Å²) < 4.78 is 0. The van der Waals surface area contributed by atoms with Crippen LogP contribution in [0.3, 0.4) is 0 Å². The van der Waals surface area contributed by atoms with E-state index in [0.29, 0.717) is 17.5 Å². The van der Waals surface area contributed by atoms with Crippen molar-refractivity contribution >= 4 is 0 Å². The predicted molar refractivity (Wildman–Crippen MR) is 199 cm³/mol. The van der Waals surface area contributed by atoms with Gasteiger partial charge >= 0.3 is 0 Å². The van der Waals surface area contributed by atoms with Crippen LogP contribution in [0.25, 0.3) is 56.4 Å². The molecular formula is C46H31N3. The van der Waals surface area contributed by atoms with Gasteiger partial charge < -0.3 is 0 Å². The predicted octanol–water partition coefficient (Wildman–Crippen LogP) is 10.9. The van der Waals surface area contributed by atoms with Gasteiger partial charge in [0.25, 0.3) is 0 Å². The summed E-state index contributed by atoms with van der Waals surface area (Å²) in [5.74, 6) is 1.97. The third-order valence-corrected chi connectivity index (χ3v) is 9.65. The minimum absolute atomic E-state index is 0.400. The summed E-state index contributed by atoms with van der Waals surface area (Å²) in [7, 11) is 0. The van der Waals surface area contributed by atoms with Crippen LogP contribution in [0.1, 0.15) is 22.3 Å². The molecule has 0 fully saturated rings. The lowest BCUT2D eigenvalue weighted by Gasteiger charge is -2.34. The number of nitrogens with zero attached hydrogens (tertiary/aromatic N) is 3. The lowest BCUT2D eigenvalue weighted by Crippen LogP contribution is -2.28. The molecule has 0 N–H and O–H groups in total. The van der Waals surface area contributed by atoms with Crippen LogP contribution in [0.4, 0.5) is 0 Å². The summed E-state index contributed by atoms with van der Waals surface area (Å²) in [5, 5.41) is 0. The monoisotopic (exact) mass is 625 g/mol. The van der Waals surface area contributed by atoms with Crippen LogP contribution in [-0.4, -0.2) is 15.0 Å². The molecule has 9 rings (SSSR count). The summed E-state index contributed by atoms with van der Waals surface area (Å²) in [6.07, 6.45) is 0. The summed E-state index contributed by atoms with van der Waals surface area (Å²) in [6.45, 7) is 0. The Morgan fingerprint density at radius 1 is 0.265 bits per heavy atom. The second kappa shape index (κ2) is 12.0. The molecule has 1 aliphatic rings. The first kappa shape index (κ1) is 28.7. The molecule has 7 aromatic carbocycles. The summed E-state index contributed by atoms with van der Waals surface area (Å²) in [4.78, 5) is 14.7. The number of aromatic nitrogens is 3. The van der Waals surface area contributed by atoms with Gasteiger partial charge in [-0.05, 0) is 44.5 Å². The Bertz CT molecular complexity index is 2300. The second-order valence-electron chi connectivity index (χ2n) is 12.4. The Balaban J connectivity index is 1.10. The van der Waals surface area contributed by atoms with E-state index in [4.69, 9.17) is 15.0 Å². The minimum atomic E-state index is -0.400. The highest BCUT2D eigenvalue weighted by Gasteiger charge is 2.45. The van der Waals surface area contributed by atoms with Gasteiger partial charge in [-0.15, -0.1) is 0 Å². The van der Waals surface area contributed by atoms with Crippen LogP contribution in [0, 0.1) is 0 Å². The Kier molecular flexibility index (Phi) is 7.02. The third kappa shape index (κ3) is 4.87. The fraction of sp³-hybridized carbons (Fsp3) is 0.0217. The SMILES string of the molecule is c1ccc(-c2nc(-c3ccccc3)nc(-c3ccc(-c4ccc(C5(c6ccccc6)c6ccccc6-c6ccccc65)cc4)cc3)n2)cc1. The Morgan fingerprint density at radius 2 is 0.592 bits per heavy atom. The van der Waals surface area contributed by atoms with Crippen molar-refractivity contribution in [3.63, 3.8) is 0 Å². The van der Waals surface area contributed by atoms with Crippen LogP contribution >= 0.6 is 0 Å². The average molecular weight is 626 g/mol. The highest BCUT2D eigenvalue weighted by molar-refractivity contribution is 5.86. The highest BCUT2D eigenvalue weighted by atomic mass is 15.0. The van der Waals surface area contributed by atoms with Gasteiger partial charge in [0, 0.05) is 16.7 Å². The highest BCUT2D eigenvalue weighted by Crippen LogP contribution is 2.56. The summed E-state index contributed by atoms with van der Waals surface area (Å²) in [6, 6.07) is 66.4. The summed E-state index contributed by atoms with van der Waals surface area (Å²) in [5.41, 5.74) is 12.5. The van der Waals surface area contributed by atoms with Gasteiger partial charge in [-0.2, -0.15) is 0 Å². The molecule has 49 heavy (non-hydrogen) atoms. The van der Waals surface area contributed by atoms with E-state index >= 15 is 0 Å². The number of benzene rings is 7. The average Bonchev–Trinajstić information content (AvgIpc) is 3.50. The normalized spacial score (nSPS) is 12.7. The van der Waals surface area contributed by atoms with E-state index < -0.39 is 5.41 Å². The molecule has 230 valence electrons. The van der Waals surface area contributed by atoms with Gasteiger partial charge in [0.05, 0.1) is 5.41 Å². The molecule has 1 aliphatic carbocycles. The van der Waals surface area contributed by atoms with Gasteiger partial charge in [0.15, 0.2) is 17.5 Å². The molecule has 0 aliphatic heterocycles. The molecule has 0 spiro atoms. The van der Waals surface area contributed by atoms with Crippen molar-refractivity contribution in [3.8, 4) is 56.4 Å². The first-order valence-electron chi connectivity index (χ1n) is 16.6. The van der Waals surface area contributed by atoms with Crippen molar-refractivity contribution in [3.05, 3.63) is 210 Å². The quantitative estimate of drug-likeness (QED) is 0.185. The molecule has 1 aromatic heterocycles. The van der Waals surface area contributed by atoms with E-state index in [1.807, 2.05) is 60.7 Å². The van der Waals surface area contributed by atoms with Crippen LogP contribution in [0.5, 0.6) is 0 Å². The largest absolute Gasteiger partial charge is 0.208 e. The zero-order valence-electron chi connectivity index (χ0n) is 26.7. The van der Waals surface area contributed by atoms with Crippen molar-refractivity contribution in [2.75, 3.05) is 0 Å². The van der Waals surface area contributed by atoms with E-state index in [9.17, 15) is 0 Å². The molecule has 1 heterocycles. The molecule has 3 heteroatoms. The maximum atomic E-state index is 4.91. The lowest BCUT2D eigenvalue weighted by molar-refractivity contribution is 0.768. The molecule has 0 amide bonds. The van der Waals surface area contributed by atoms with Gasteiger partial charge in [-0.3, -0.25) is 0 Å². The Morgan fingerprint density at radius 3 is 1.06 bits per heavy atom. The van der Waals surface area contributed by atoms with Crippen LogP contribution in [0.2, 0.25) is 0 Å². The van der Waals surface area contributed by atoms with Crippen molar-refractivity contribution < 1.29 is 0 Å². The van der Waals surface area contributed by atoms with Crippen LogP contribution in [0.15, 0.2) is 188 Å². The first-order valence-corrected chi connectivity index (χ1v) is 16.6. The van der Waals surface area contributed by atoms with E-state index in [2.05, 4.69) is 127 Å². The number of rotatable bonds is 6. The van der Waals surface area contributed by atoms with Gasteiger partial charge in [0.1, 0.15) is 0 Å². The molecule has 0 saturated heterocycles. The molecular weight excluding hydrogens is 595 g/mol. The van der Waals surface area contributed by atoms with Gasteiger partial charge in [0.2, 0.25) is 0 Å². The maximum Gasteiger partial charge on any atom is 0.164 e. The van der Waals surface area contributed by atoms with E-state index in [-0.39, 0.29) is 0 Å². The zero-order valence-corrected chi connectivity index (χ0v) is 26.7. The third-order valence-electron chi connectivity index (χ3n) is 9.65. The second-order valence-corrected chi connectivity index (χ2v) is 12.4. The molecule has 0 radical (unpaired) electrons. The molecule has 0 saturated carbocycles. The smallest absolute Gasteiger partial charge is 0.164 e. The van der Waals surface area contributed by atoms with Crippen LogP contribution < -0.4 is 0 Å². The lowest BCUT2D eigenvalue weighted by atomic mass is 9.67. The van der Waals surface area contributed by atoms with E-state index in [1.54, 1.807) is 0 Å². The summed E-state index contributed by atoms with van der Waals surface area (Å²) >= 11 is 0. The topological polar surface area (TPSA) is 38.7 Å². The molecule has 3 nitrogen and oxygen atoms in total. The molecule has 0 bridgehead atoms. The van der Waals surface area contributed by atoms with Crippen molar-refractivity contribution in [2.45, 2.75) is 5.41 Å². The van der Waals surface area contributed by atoms with E-state index in [0.717, 1.165) is 27.8 Å². The Hall–Kier alpha value is -6.45. The van der Waals surface area contributed by atoms with Gasteiger partial charge in [-0.25, -0.2) is 15.0 Å². The molecule has 0 atom stereocenters. The zero-order chi connectivity index (χ0) is 32.6. The fourth-order valence-corrected chi connectivity index (χ4v) is 7.37. The number of hydrogen-bond acceptors (Lipinski definition) is 3. The van der Waals surface area contributed by atoms with Crippen LogP contribution in [-0.2, 0) is 5.41 Å². The standard InChI is InChI=1S/C46H31N3/c1-4-14-34(15-5-1)43-47-44(35-16-6-2-7-17-35)49-45(48-43)36-26-24-32(25-27-36)33-28-30-38(31-29-33)46(37-18-8-3-9-19-37)41-22-12-10-20-39(41)40-21-11-13-23-42(40)46/h1-31H. The number of fused-ring (bicyclic) bond motifs is 3. The minimum Gasteiger partial charge on any atom is -0.208 e. The first-order chi connectivity index (χ1) is 24.3. The maximum absolute atomic E-state index is 4.91. The molecule has 8 aromatic rings. The molecule has 0 unspecified atom stereocenters.